The van der Waals surface area contributed by atoms with Gasteiger partial charge < -0.3 is 10.6 Å². The van der Waals surface area contributed by atoms with Crippen LogP contribution in [0.1, 0.15) is 10.5 Å². The topological polar surface area (TPSA) is 54.0 Å². The van der Waals surface area contributed by atoms with Crippen molar-refractivity contribution in [1.29, 1.82) is 0 Å². The van der Waals surface area contributed by atoms with Gasteiger partial charge in [0.05, 0.1) is 5.69 Å². The standard InChI is InChI=1S/C13H11F2N3O/c1-16-8-5-6-17-11(7-8)13(19)18-10-4-2-3-9(14)12(10)15/h2-7H,1H3,(H,16,17)(H,18,19). The maximum Gasteiger partial charge on any atom is 0.274 e. The van der Waals surface area contributed by atoms with E-state index in [1.165, 1.54) is 24.4 Å². The van der Waals surface area contributed by atoms with Gasteiger partial charge in [-0.05, 0) is 24.3 Å². The van der Waals surface area contributed by atoms with Crippen LogP contribution in [0.2, 0.25) is 0 Å². The van der Waals surface area contributed by atoms with Crippen LogP contribution >= 0.6 is 0 Å². The molecule has 0 fully saturated rings. The van der Waals surface area contributed by atoms with Crippen LogP contribution in [0.25, 0.3) is 0 Å². The lowest BCUT2D eigenvalue weighted by molar-refractivity contribution is 0.102. The molecule has 0 saturated heterocycles. The van der Waals surface area contributed by atoms with E-state index in [0.717, 1.165) is 6.07 Å². The molecular formula is C13H11F2N3O. The molecule has 6 heteroatoms. The van der Waals surface area contributed by atoms with Crippen LogP contribution in [0, 0.1) is 11.6 Å². The first kappa shape index (κ1) is 12.9. The van der Waals surface area contributed by atoms with Crippen molar-refractivity contribution in [2.24, 2.45) is 0 Å². The van der Waals surface area contributed by atoms with E-state index >= 15 is 0 Å². The molecule has 0 aliphatic carbocycles. The van der Waals surface area contributed by atoms with Crippen molar-refractivity contribution in [3.8, 4) is 0 Å². The van der Waals surface area contributed by atoms with Crippen molar-refractivity contribution in [2.75, 3.05) is 17.7 Å². The first-order chi connectivity index (χ1) is 9.11. The molecule has 1 heterocycles. The molecule has 98 valence electrons. The molecule has 2 aromatic rings. The Morgan fingerprint density at radius 3 is 2.79 bits per heavy atom. The monoisotopic (exact) mass is 263 g/mol. The van der Waals surface area contributed by atoms with Gasteiger partial charge in [0.2, 0.25) is 0 Å². The summed E-state index contributed by atoms with van der Waals surface area (Å²) in [6, 6.07) is 6.75. The van der Waals surface area contributed by atoms with E-state index in [1.54, 1.807) is 13.1 Å². The molecule has 0 aliphatic heterocycles. The van der Waals surface area contributed by atoms with Crippen molar-refractivity contribution >= 4 is 17.3 Å². The normalized spacial score (nSPS) is 10.1. The average Bonchev–Trinajstić information content (AvgIpc) is 2.44. The number of benzene rings is 1. The fraction of sp³-hybridized carbons (Fsp3) is 0.0769. The zero-order valence-corrected chi connectivity index (χ0v) is 10.1. The molecule has 2 N–H and O–H groups in total. The second-order valence-electron chi connectivity index (χ2n) is 3.74. The van der Waals surface area contributed by atoms with E-state index in [-0.39, 0.29) is 11.4 Å². The third-order valence-electron chi connectivity index (χ3n) is 2.48. The molecule has 0 radical (unpaired) electrons. The van der Waals surface area contributed by atoms with Gasteiger partial charge in [-0.15, -0.1) is 0 Å². The molecule has 1 aromatic carbocycles. The Morgan fingerprint density at radius 1 is 1.26 bits per heavy atom. The summed E-state index contributed by atoms with van der Waals surface area (Å²) in [6.45, 7) is 0. The highest BCUT2D eigenvalue weighted by Gasteiger charge is 2.13. The number of rotatable bonds is 3. The maximum atomic E-state index is 13.4. The van der Waals surface area contributed by atoms with Crippen LogP contribution < -0.4 is 10.6 Å². The van der Waals surface area contributed by atoms with Gasteiger partial charge >= 0.3 is 0 Å². The predicted octanol–water partition coefficient (Wildman–Crippen LogP) is 2.65. The summed E-state index contributed by atoms with van der Waals surface area (Å²) >= 11 is 0. The molecule has 0 saturated carbocycles. The summed E-state index contributed by atoms with van der Waals surface area (Å²) in [5.74, 6) is -2.73. The minimum atomic E-state index is -1.10. The first-order valence-corrected chi connectivity index (χ1v) is 5.51. The van der Waals surface area contributed by atoms with Gasteiger partial charge in [0.1, 0.15) is 5.69 Å². The number of aromatic nitrogens is 1. The van der Waals surface area contributed by atoms with Crippen LogP contribution in [0.15, 0.2) is 36.5 Å². The number of nitrogens with one attached hydrogen (secondary N) is 2. The molecule has 1 amide bonds. The van der Waals surface area contributed by atoms with Crippen LogP contribution in [0.5, 0.6) is 0 Å². The van der Waals surface area contributed by atoms with Crippen molar-refractivity contribution in [3.63, 3.8) is 0 Å². The number of carbonyl (C=O) groups excluding carboxylic acids is 1. The molecule has 0 spiro atoms. The summed E-state index contributed by atoms with van der Waals surface area (Å²) in [4.78, 5) is 15.7. The van der Waals surface area contributed by atoms with E-state index < -0.39 is 17.5 Å². The number of hydrogen-bond acceptors (Lipinski definition) is 3. The SMILES string of the molecule is CNc1ccnc(C(=O)Nc2cccc(F)c2F)c1. The van der Waals surface area contributed by atoms with Gasteiger partial charge in [0.25, 0.3) is 5.91 Å². The van der Waals surface area contributed by atoms with E-state index in [2.05, 4.69) is 15.6 Å². The molecule has 0 bridgehead atoms. The van der Waals surface area contributed by atoms with Gasteiger partial charge in [-0.1, -0.05) is 6.07 Å². The fourth-order valence-corrected chi connectivity index (χ4v) is 1.50. The van der Waals surface area contributed by atoms with Crippen molar-refractivity contribution < 1.29 is 13.6 Å². The number of nitrogens with zero attached hydrogens (tertiary/aromatic N) is 1. The van der Waals surface area contributed by atoms with Crippen LogP contribution in [0.4, 0.5) is 20.2 Å². The lowest BCUT2D eigenvalue weighted by Gasteiger charge is -2.07. The summed E-state index contributed by atoms with van der Waals surface area (Å²) < 4.78 is 26.4. The van der Waals surface area contributed by atoms with Gasteiger partial charge in [-0.25, -0.2) is 8.78 Å². The van der Waals surface area contributed by atoms with E-state index in [9.17, 15) is 13.6 Å². The van der Waals surface area contributed by atoms with Crippen molar-refractivity contribution in [1.82, 2.24) is 4.98 Å². The minimum Gasteiger partial charge on any atom is -0.388 e. The summed E-state index contributed by atoms with van der Waals surface area (Å²) in [7, 11) is 1.70. The highest BCUT2D eigenvalue weighted by Crippen LogP contribution is 2.17. The van der Waals surface area contributed by atoms with E-state index in [1.807, 2.05) is 0 Å². The Balaban J connectivity index is 2.23. The van der Waals surface area contributed by atoms with E-state index in [4.69, 9.17) is 0 Å². The molecule has 0 aliphatic rings. The fourth-order valence-electron chi connectivity index (χ4n) is 1.50. The second kappa shape index (κ2) is 5.43. The summed E-state index contributed by atoms with van der Waals surface area (Å²) in [5, 5.41) is 5.13. The largest absolute Gasteiger partial charge is 0.388 e. The van der Waals surface area contributed by atoms with Crippen molar-refractivity contribution in [3.05, 3.63) is 53.9 Å². The Labute approximate surface area is 108 Å². The Morgan fingerprint density at radius 2 is 2.05 bits per heavy atom. The Hall–Kier alpha value is -2.50. The van der Waals surface area contributed by atoms with Crippen LogP contribution in [0.3, 0.4) is 0 Å². The Kier molecular flexibility index (Phi) is 3.70. The zero-order valence-electron chi connectivity index (χ0n) is 10.1. The molecular weight excluding hydrogens is 252 g/mol. The van der Waals surface area contributed by atoms with Crippen LogP contribution in [-0.4, -0.2) is 17.9 Å². The van der Waals surface area contributed by atoms with Crippen LogP contribution in [-0.2, 0) is 0 Å². The zero-order chi connectivity index (χ0) is 13.8. The van der Waals surface area contributed by atoms with E-state index in [0.29, 0.717) is 5.69 Å². The highest BCUT2D eigenvalue weighted by atomic mass is 19.2. The Bertz CT molecular complexity index is 617. The molecule has 0 unspecified atom stereocenters. The number of pyridine rings is 1. The average molecular weight is 263 g/mol. The maximum absolute atomic E-state index is 13.4. The quantitative estimate of drug-likeness (QED) is 0.895. The predicted molar refractivity (Wildman–Crippen MR) is 68.1 cm³/mol. The van der Waals surface area contributed by atoms with Gasteiger partial charge in [-0.2, -0.15) is 0 Å². The summed E-state index contributed by atoms with van der Waals surface area (Å²) in [6.07, 6.45) is 1.45. The molecule has 4 nitrogen and oxygen atoms in total. The van der Waals surface area contributed by atoms with Gasteiger partial charge in [0.15, 0.2) is 11.6 Å². The number of anilines is 2. The third-order valence-corrected chi connectivity index (χ3v) is 2.48. The molecule has 19 heavy (non-hydrogen) atoms. The van der Waals surface area contributed by atoms with Gasteiger partial charge in [0, 0.05) is 18.9 Å². The van der Waals surface area contributed by atoms with Crippen molar-refractivity contribution in [2.45, 2.75) is 0 Å². The second-order valence-corrected chi connectivity index (χ2v) is 3.74. The molecule has 1 aromatic heterocycles. The molecule has 2 rings (SSSR count). The number of amides is 1. The lowest BCUT2D eigenvalue weighted by atomic mass is 10.2. The number of carbonyl (C=O) groups is 1. The summed E-state index contributed by atoms with van der Waals surface area (Å²) in [5.41, 5.74) is 0.581. The minimum absolute atomic E-state index is 0.107. The van der Waals surface area contributed by atoms with Gasteiger partial charge in [-0.3, -0.25) is 9.78 Å². The highest BCUT2D eigenvalue weighted by molar-refractivity contribution is 6.03. The molecule has 0 atom stereocenters. The number of hydrogen-bond donors (Lipinski definition) is 2. The lowest BCUT2D eigenvalue weighted by Crippen LogP contribution is -2.15. The number of halogens is 2. The third kappa shape index (κ3) is 2.85. The first-order valence-electron chi connectivity index (χ1n) is 5.51. The smallest absolute Gasteiger partial charge is 0.274 e.